The first-order valence-corrected chi connectivity index (χ1v) is 6.94. The summed E-state index contributed by atoms with van der Waals surface area (Å²) in [5.74, 6) is 0.498. The average Bonchev–Trinajstić information content (AvgIpc) is 2.24. The number of aromatic hydroxyl groups is 1. The molecule has 3 N–H and O–H groups in total. The molecule has 1 unspecified atom stereocenters. The largest absolute Gasteiger partial charge is 0.507 e. The minimum absolute atomic E-state index is 0.183. The van der Waals surface area contributed by atoms with Crippen LogP contribution in [0.1, 0.15) is 31.9 Å². The molecule has 0 aromatic heterocycles. The minimum Gasteiger partial charge on any atom is -0.507 e. The molecule has 0 aliphatic carbocycles. The minimum atomic E-state index is -0.739. The fourth-order valence-corrected chi connectivity index (χ4v) is 2.21. The van der Waals surface area contributed by atoms with Gasteiger partial charge in [-0.05, 0) is 37.5 Å². The number of rotatable bonds is 5. The molecule has 102 valence electrons. The molecule has 0 radical (unpaired) electrons. The maximum atomic E-state index is 10.1. The molecule has 1 rings (SSSR count). The van der Waals surface area contributed by atoms with E-state index in [1.807, 2.05) is 39.8 Å². The second kappa shape index (κ2) is 6.04. The highest BCUT2D eigenvalue weighted by Crippen LogP contribution is 2.26. The van der Waals surface area contributed by atoms with Gasteiger partial charge in [-0.1, -0.05) is 29.8 Å². The van der Waals surface area contributed by atoms with Crippen LogP contribution < -0.4 is 5.32 Å². The Morgan fingerprint density at radius 3 is 2.56 bits per heavy atom. The number of halogens is 1. The maximum absolute atomic E-state index is 10.1. The summed E-state index contributed by atoms with van der Waals surface area (Å²) in [5.41, 5.74) is 0.940. The number of hydrogen-bond acceptors (Lipinski definition) is 3. The first kappa shape index (κ1) is 15.5. The summed E-state index contributed by atoms with van der Waals surface area (Å²) in [6.07, 6.45) is 0. The zero-order valence-corrected chi connectivity index (χ0v) is 13.0. The van der Waals surface area contributed by atoms with Gasteiger partial charge in [0.15, 0.2) is 0 Å². The van der Waals surface area contributed by atoms with Crippen molar-refractivity contribution in [2.45, 2.75) is 39.8 Å². The van der Waals surface area contributed by atoms with Crippen LogP contribution in [0.2, 0.25) is 0 Å². The van der Waals surface area contributed by atoms with E-state index in [0.29, 0.717) is 18.8 Å². The smallest absolute Gasteiger partial charge is 0.123 e. The standard InChI is InChI=1S/C14H22BrNO2/c1-9(2)14(4,18)8-16-7-11-6-12(15)5-10(3)13(11)17/h5-6,9,16-18H,7-8H2,1-4H3. The van der Waals surface area contributed by atoms with Gasteiger partial charge in [-0.2, -0.15) is 0 Å². The number of phenols is 1. The lowest BCUT2D eigenvalue weighted by molar-refractivity contribution is 0.0139. The molecule has 0 fully saturated rings. The average molecular weight is 316 g/mol. The molecule has 18 heavy (non-hydrogen) atoms. The van der Waals surface area contributed by atoms with Crippen molar-refractivity contribution in [3.8, 4) is 5.75 Å². The Morgan fingerprint density at radius 2 is 2.00 bits per heavy atom. The first-order valence-electron chi connectivity index (χ1n) is 6.15. The van der Waals surface area contributed by atoms with E-state index >= 15 is 0 Å². The molecule has 0 aliphatic heterocycles. The quantitative estimate of drug-likeness (QED) is 0.783. The van der Waals surface area contributed by atoms with E-state index in [1.54, 1.807) is 0 Å². The molecule has 1 atom stereocenters. The molecule has 0 saturated carbocycles. The van der Waals surface area contributed by atoms with Crippen molar-refractivity contribution in [2.75, 3.05) is 6.54 Å². The van der Waals surface area contributed by atoms with E-state index in [2.05, 4.69) is 21.2 Å². The van der Waals surface area contributed by atoms with E-state index in [4.69, 9.17) is 0 Å². The molecule has 1 aromatic rings. The van der Waals surface area contributed by atoms with Crippen LogP contribution in [-0.2, 0) is 6.54 Å². The van der Waals surface area contributed by atoms with Crippen LogP contribution in [0.3, 0.4) is 0 Å². The lowest BCUT2D eigenvalue weighted by Gasteiger charge is -2.28. The first-order chi connectivity index (χ1) is 8.24. The summed E-state index contributed by atoms with van der Waals surface area (Å²) in [7, 11) is 0. The van der Waals surface area contributed by atoms with Crippen LogP contribution in [0, 0.1) is 12.8 Å². The van der Waals surface area contributed by atoms with E-state index in [0.717, 1.165) is 15.6 Å². The van der Waals surface area contributed by atoms with Gasteiger partial charge in [-0.25, -0.2) is 0 Å². The third-order valence-electron chi connectivity index (χ3n) is 3.39. The normalized spacial score (nSPS) is 14.8. The van der Waals surface area contributed by atoms with E-state index < -0.39 is 5.60 Å². The Kier molecular flexibility index (Phi) is 5.20. The summed E-state index contributed by atoms with van der Waals surface area (Å²) in [4.78, 5) is 0. The second-order valence-corrected chi connectivity index (χ2v) is 6.26. The maximum Gasteiger partial charge on any atom is 0.123 e. The molecule has 0 amide bonds. The summed E-state index contributed by atoms with van der Waals surface area (Å²) in [5, 5.41) is 23.2. The van der Waals surface area contributed by atoms with Crippen molar-refractivity contribution in [3.63, 3.8) is 0 Å². The predicted molar refractivity (Wildman–Crippen MR) is 77.7 cm³/mol. The number of phenolic OH excluding ortho intramolecular Hbond substituents is 1. The van der Waals surface area contributed by atoms with Crippen molar-refractivity contribution < 1.29 is 10.2 Å². The summed E-state index contributed by atoms with van der Waals surface area (Å²) in [6, 6.07) is 3.77. The molecule has 3 nitrogen and oxygen atoms in total. The fourth-order valence-electron chi connectivity index (χ4n) is 1.59. The SMILES string of the molecule is Cc1cc(Br)cc(CNCC(C)(O)C(C)C)c1O. The Hall–Kier alpha value is -0.580. The molecule has 0 heterocycles. The van der Waals surface area contributed by atoms with Gasteiger partial charge in [-0.15, -0.1) is 0 Å². The Balaban J connectivity index is 2.65. The van der Waals surface area contributed by atoms with Gasteiger partial charge in [0.2, 0.25) is 0 Å². The lowest BCUT2D eigenvalue weighted by Crippen LogP contribution is -2.41. The molecule has 0 aliphatic rings. The van der Waals surface area contributed by atoms with Crippen LogP contribution in [-0.4, -0.2) is 22.4 Å². The number of aryl methyl sites for hydroxylation is 1. The summed E-state index contributed by atoms with van der Waals surface area (Å²) >= 11 is 3.41. The number of hydrogen-bond donors (Lipinski definition) is 3. The van der Waals surface area contributed by atoms with Gasteiger partial charge in [0, 0.05) is 23.1 Å². The van der Waals surface area contributed by atoms with Crippen LogP contribution in [0.4, 0.5) is 0 Å². The van der Waals surface area contributed by atoms with Gasteiger partial charge in [-0.3, -0.25) is 0 Å². The zero-order valence-electron chi connectivity index (χ0n) is 11.4. The van der Waals surface area contributed by atoms with Gasteiger partial charge >= 0.3 is 0 Å². The number of benzene rings is 1. The Bertz CT molecular complexity index is 417. The van der Waals surface area contributed by atoms with E-state index in [-0.39, 0.29) is 5.92 Å². The predicted octanol–water partition coefficient (Wildman–Crippen LogP) is 2.96. The van der Waals surface area contributed by atoms with Crippen molar-refractivity contribution in [3.05, 3.63) is 27.7 Å². The van der Waals surface area contributed by atoms with Crippen LogP contribution in [0.15, 0.2) is 16.6 Å². The topological polar surface area (TPSA) is 52.5 Å². The summed E-state index contributed by atoms with van der Waals surface area (Å²) < 4.78 is 0.949. The second-order valence-electron chi connectivity index (χ2n) is 5.35. The molecular weight excluding hydrogens is 294 g/mol. The third kappa shape index (κ3) is 3.97. The number of nitrogens with one attached hydrogen (secondary N) is 1. The lowest BCUT2D eigenvalue weighted by atomic mass is 9.92. The van der Waals surface area contributed by atoms with Gasteiger partial charge in [0.05, 0.1) is 5.60 Å². The van der Waals surface area contributed by atoms with Crippen molar-refractivity contribution in [1.82, 2.24) is 5.32 Å². The van der Waals surface area contributed by atoms with Crippen molar-refractivity contribution in [2.24, 2.45) is 5.92 Å². The van der Waals surface area contributed by atoms with Gasteiger partial charge in [0.25, 0.3) is 0 Å². The molecule has 4 heteroatoms. The molecule has 1 aromatic carbocycles. The van der Waals surface area contributed by atoms with Crippen molar-refractivity contribution in [1.29, 1.82) is 0 Å². The zero-order chi connectivity index (χ0) is 13.9. The third-order valence-corrected chi connectivity index (χ3v) is 3.84. The molecule has 0 saturated heterocycles. The van der Waals surface area contributed by atoms with Crippen LogP contribution in [0.5, 0.6) is 5.75 Å². The highest BCUT2D eigenvalue weighted by Gasteiger charge is 2.24. The highest BCUT2D eigenvalue weighted by molar-refractivity contribution is 9.10. The van der Waals surface area contributed by atoms with Crippen molar-refractivity contribution >= 4 is 15.9 Å². The summed E-state index contributed by atoms with van der Waals surface area (Å²) in [6.45, 7) is 8.69. The molecular formula is C14H22BrNO2. The highest BCUT2D eigenvalue weighted by atomic mass is 79.9. The molecule has 0 spiro atoms. The monoisotopic (exact) mass is 315 g/mol. The van der Waals surface area contributed by atoms with E-state index in [1.165, 1.54) is 0 Å². The Labute approximate surface area is 117 Å². The Morgan fingerprint density at radius 1 is 1.39 bits per heavy atom. The van der Waals surface area contributed by atoms with E-state index in [9.17, 15) is 10.2 Å². The van der Waals surface area contributed by atoms with Crippen LogP contribution in [0.25, 0.3) is 0 Å². The van der Waals surface area contributed by atoms with Gasteiger partial charge in [0.1, 0.15) is 5.75 Å². The molecule has 0 bridgehead atoms. The van der Waals surface area contributed by atoms with Crippen LogP contribution >= 0.6 is 15.9 Å². The fraction of sp³-hybridized carbons (Fsp3) is 0.571. The van der Waals surface area contributed by atoms with Gasteiger partial charge < -0.3 is 15.5 Å². The number of aliphatic hydroxyl groups is 1.